The van der Waals surface area contributed by atoms with Crippen molar-refractivity contribution in [1.29, 1.82) is 0 Å². The second-order valence-corrected chi connectivity index (χ2v) is 5.92. The Hall–Kier alpha value is -2.08. The quantitative estimate of drug-likeness (QED) is 0.262. The van der Waals surface area contributed by atoms with Gasteiger partial charge in [0.15, 0.2) is 5.13 Å². The Morgan fingerprint density at radius 1 is 1.35 bits per heavy atom. The Morgan fingerprint density at radius 2 is 2.12 bits per heavy atom. The fourth-order valence-corrected chi connectivity index (χ4v) is 2.61. The highest BCUT2D eigenvalue weighted by molar-refractivity contribution is 7.13. The molecular weight excluding hydrogens is 366 g/mol. The first-order chi connectivity index (χ1) is 12.5. The molecule has 1 aromatic heterocycles. The molecule has 11 heteroatoms. The van der Waals surface area contributed by atoms with Gasteiger partial charge < -0.3 is 30.3 Å². The molecule has 1 rings (SSSR count). The molecule has 0 aromatic carbocycles. The van der Waals surface area contributed by atoms with Crippen molar-refractivity contribution in [2.24, 2.45) is 0 Å². The molecule has 4 N–H and O–H groups in total. The summed E-state index contributed by atoms with van der Waals surface area (Å²) in [4.78, 5) is 38.7. The van der Waals surface area contributed by atoms with E-state index >= 15 is 0 Å². The molecule has 0 saturated heterocycles. The first-order valence-corrected chi connectivity index (χ1v) is 8.88. The van der Waals surface area contributed by atoms with Gasteiger partial charge in [-0.3, -0.25) is 14.4 Å². The molecule has 0 fully saturated rings. The Labute approximate surface area is 154 Å². The number of carboxylic acid groups (broad SMARTS) is 1. The Balaban J connectivity index is 2.43. The van der Waals surface area contributed by atoms with Crippen LogP contribution in [0.2, 0.25) is 0 Å². The van der Waals surface area contributed by atoms with Gasteiger partial charge in [0.1, 0.15) is 6.04 Å². The zero-order valence-electron chi connectivity index (χ0n) is 14.4. The van der Waals surface area contributed by atoms with Crippen molar-refractivity contribution in [2.45, 2.75) is 25.8 Å². The van der Waals surface area contributed by atoms with Crippen LogP contribution in [0, 0.1) is 0 Å². The first kappa shape index (κ1) is 22.0. The van der Waals surface area contributed by atoms with Crippen molar-refractivity contribution in [1.82, 2.24) is 10.3 Å². The van der Waals surface area contributed by atoms with E-state index in [0.29, 0.717) is 5.69 Å². The van der Waals surface area contributed by atoms with Crippen molar-refractivity contribution < 1.29 is 34.1 Å². The lowest BCUT2D eigenvalue weighted by Crippen LogP contribution is -2.41. The average molecular weight is 389 g/mol. The number of rotatable bonds is 13. The maximum Gasteiger partial charge on any atom is 0.321 e. The molecule has 0 saturated carbocycles. The number of aliphatic hydroxyl groups is 1. The Morgan fingerprint density at radius 3 is 2.77 bits per heavy atom. The van der Waals surface area contributed by atoms with Crippen molar-refractivity contribution in [3.05, 3.63) is 11.1 Å². The molecule has 1 atom stereocenters. The number of carboxylic acids is 1. The minimum Gasteiger partial charge on any atom is -0.480 e. The highest BCUT2D eigenvalue weighted by Gasteiger charge is 2.21. The number of anilines is 1. The molecule has 1 heterocycles. The number of aliphatic hydroxyl groups excluding tert-OH is 1. The normalized spacial score (nSPS) is 11.8. The van der Waals surface area contributed by atoms with Gasteiger partial charge in [-0.25, -0.2) is 4.98 Å². The highest BCUT2D eigenvalue weighted by Crippen LogP contribution is 2.16. The fraction of sp³-hybridized carbons (Fsp3) is 0.600. The molecule has 0 aliphatic carbocycles. The highest BCUT2D eigenvalue weighted by atomic mass is 32.1. The number of hydrogen-bond donors (Lipinski definition) is 4. The van der Waals surface area contributed by atoms with E-state index in [2.05, 4.69) is 15.6 Å². The third-order valence-electron chi connectivity index (χ3n) is 2.99. The molecule has 0 aliphatic rings. The van der Waals surface area contributed by atoms with Crippen LogP contribution in [0.3, 0.4) is 0 Å². The summed E-state index contributed by atoms with van der Waals surface area (Å²) in [6.45, 7) is 2.48. The molecule has 1 amide bonds. The smallest absolute Gasteiger partial charge is 0.321 e. The van der Waals surface area contributed by atoms with E-state index in [-0.39, 0.29) is 50.9 Å². The molecule has 0 spiro atoms. The Bertz CT molecular complexity index is 594. The summed E-state index contributed by atoms with van der Waals surface area (Å²) in [6.07, 6.45) is -0.282. The van der Waals surface area contributed by atoms with E-state index in [1.165, 1.54) is 0 Å². The lowest BCUT2D eigenvalue weighted by molar-refractivity contribution is -0.142. The summed E-state index contributed by atoms with van der Waals surface area (Å²) in [5, 5.41) is 24.8. The molecule has 1 aromatic rings. The lowest BCUT2D eigenvalue weighted by atomic mass is 10.2. The summed E-state index contributed by atoms with van der Waals surface area (Å²) in [7, 11) is 0. The zero-order valence-corrected chi connectivity index (χ0v) is 15.2. The number of carbonyl (C=O) groups is 3. The van der Waals surface area contributed by atoms with Crippen LogP contribution in [0.5, 0.6) is 0 Å². The number of esters is 1. The van der Waals surface area contributed by atoms with Crippen molar-refractivity contribution in [3.8, 4) is 0 Å². The van der Waals surface area contributed by atoms with E-state index in [4.69, 9.17) is 19.7 Å². The van der Waals surface area contributed by atoms with Gasteiger partial charge in [0, 0.05) is 11.9 Å². The van der Waals surface area contributed by atoms with Crippen LogP contribution in [0.4, 0.5) is 5.13 Å². The van der Waals surface area contributed by atoms with E-state index in [0.717, 1.165) is 11.3 Å². The predicted octanol–water partition coefficient (Wildman–Crippen LogP) is -0.371. The second-order valence-electron chi connectivity index (χ2n) is 5.06. The van der Waals surface area contributed by atoms with Gasteiger partial charge in [-0.1, -0.05) is 0 Å². The average Bonchev–Trinajstić information content (AvgIpc) is 3.00. The molecule has 0 radical (unpaired) electrons. The molecule has 146 valence electrons. The molecular formula is C15H23N3O7S. The number of amides is 1. The number of aromatic nitrogens is 1. The van der Waals surface area contributed by atoms with Crippen molar-refractivity contribution in [2.75, 3.05) is 38.3 Å². The summed E-state index contributed by atoms with van der Waals surface area (Å²) in [6, 6.07) is -1.08. The number of aliphatic carboxylic acids is 1. The number of hydrogen-bond acceptors (Lipinski definition) is 9. The molecule has 10 nitrogen and oxygen atoms in total. The fourth-order valence-electron chi connectivity index (χ4n) is 1.88. The number of ether oxygens (including phenoxy) is 2. The zero-order chi connectivity index (χ0) is 19.4. The third-order valence-corrected chi connectivity index (χ3v) is 3.80. The largest absolute Gasteiger partial charge is 0.480 e. The van der Waals surface area contributed by atoms with Gasteiger partial charge in [0.25, 0.3) is 0 Å². The van der Waals surface area contributed by atoms with Crippen LogP contribution >= 0.6 is 11.3 Å². The summed E-state index contributed by atoms with van der Waals surface area (Å²) < 4.78 is 9.83. The molecule has 1 unspecified atom stereocenters. The summed E-state index contributed by atoms with van der Waals surface area (Å²) >= 11 is 1.14. The van der Waals surface area contributed by atoms with Crippen LogP contribution in [-0.4, -0.2) is 72.1 Å². The van der Waals surface area contributed by atoms with Crippen LogP contribution in [0.25, 0.3) is 0 Å². The van der Waals surface area contributed by atoms with Gasteiger partial charge in [-0.05, 0) is 6.92 Å². The number of nitrogens with zero attached hydrogens (tertiary/aromatic N) is 1. The van der Waals surface area contributed by atoms with Crippen LogP contribution in [0.1, 0.15) is 19.0 Å². The van der Waals surface area contributed by atoms with E-state index < -0.39 is 23.9 Å². The van der Waals surface area contributed by atoms with Crippen LogP contribution in [0.15, 0.2) is 5.38 Å². The third kappa shape index (κ3) is 8.85. The van der Waals surface area contributed by atoms with E-state index in [1.54, 1.807) is 12.3 Å². The number of thiazole rings is 1. The van der Waals surface area contributed by atoms with Crippen molar-refractivity contribution in [3.63, 3.8) is 0 Å². The lowest BCUT2D eigenvalue weighted by Gasteiger charge is -2.13. The van der Waals surface area contributed by atoms with Gasteiger partial charge in [-0.2, -0.15) is 0 Å². The monoisotopic (exact) mass is 389 g/mol. The maximum absolute atomic E-state index is 12.0. The number of nitrogens with one attached hydrogen (secondary N) is 2. The summed E-state index contributed by atoms with van der Waals surface area (Å²) in [5.41, 5.74) is 0.470. The molecule has 0 aliphatic heterocycles. The minimum atomic E-state index is -1.16. The first-order valence-electron chi connectivity index (χ1n) is 8.00. The van der Waals surface area contributed by atoms with Gasteiger partial charge in [-0.15, -0.1) is 11.3 Å². The van der Waals surface area contributed by atoms with E-state index in [1.807, 2.05) is 0 Å². The topological polar surface area (TPSA) is 147 Å². The molecule has 26 heavy (non-hydrogen) atoms. The SMILES string of the molecule is CCOC(=O)Cc1csc(NC(=O)CC(NCCOCCO)C(=O)O)n1. The minimum absolute atomic E-state index is 0.00730. The predicted molar refractivity (Wildman–Crippen MR) is 93.0 cm³/mol. The van der Waals surface area contributed by atoms with Gasteiger partial charge >= 0.3 is 11.9 Å². The van der Waals surface area contributed by atoms with E-state index in [9.17, 15) is 14.4 Å². The standard InChI is InChI=1S/C15H23N3O7S/c1-2-25-13(21)7-10-9-26-15(17-10)18-12(20)8-11(14(22)23)16-3-5-24-6-4-19/h9,11,16,19H,2-8H2,1H3,(H,22,23)(H,17,18,20). The van der Waals surface area contributed by atoms with Gasteiger partial charge in [0.05, 0.1) is 45.0 Å². The number of carbonyl (C=O) groups excluding carboxylic acids is 2. The molecule has 0 bridgehead atoms. The Kier molecular flexibility index (Phi) is 10.4. The van der Waals surface area contributed by atoms with Crippen LogP contribution in [-0.2, 0) is 30.3 Å². The second kappa shape index (κ2) is 12.3. The van der Waals surface area contributed by atoms with Crippen LogP contribution < -0.4 is 10.6 Å². The summed E-state index contributed by atoms with van der Waals surface area (Å²) in [5.74, 6) is -2.09. The van der Waals surface area contributed by atoms with Crippen molar-refractivity contribution >= 4 is 34.3 Å². The maximum atomic E-state index is 12.0. The van der Waals surface area contributed by atoms with Gasteiger partial charge in [0.2, 0.25) is 5.91 Å².